The Hall–Kier alpha value is -3.11. The molecule has 0 N–H and O–H groups in total. The summed E-state index contributed by atoms with van der Waals surface area (Å²) in [6, 6.07) is 15.4. The summed E-state index contributed by atoms with van der Waals surface area (Å²) < 4.78 is 49.2. The van der Waals surface area contributed by atoms with Gasteiger partial charge in [0.2, 0.25) is 0 Å². The average Bonchev–Trinajstić information content (AvgIpc) is 3.72. The summed E-state index contributed by atoms with van der Waals surface area (Å²) in [7, 11) is 0. The zero-order chi connectivity index (χ0) is 24.4. The highest BCUT2D eigenvalue weighted by atomic mass is 19.2. The quantitative estimate of drug-likeness (QED) is 0.246. The van der Waals surface area contributed by atoms with Crippen LogP contribution in [-0.2, 0) is 4.74 Å². The van der Waals surface area contributed by atoms with E-state index in [2.05, 4.69) is 25.2 Å². The smallest absolute Gasteiger partial charge is 0.167 e. The Morgan fingerprint density at radius 3 is 2.20 bits per heavy atom. The van der Waals surface area contributed by atoms with Crippen LogP contribution in [0.25, 0.3) is 27.8 Å². The fraction of sp³-hybridized carbons (Fsp3) is 0.290. The summed E-state index contributed by atoms with van der Waals surface area (Å²) in [5.74, 6) is -1.32. The Morgan fingerprint density at radius 2 is 1.57 bits per heavy atom. The van der Waals surface area contributed by atoms with Gasteiger partial charge in [0.15, 0.2) is 11.6 Å². The number of benzene rings is 3. The van der Waals surface area contributed by atoms with E-state index in [1.807, 2.05) is 12.1 Å². The molecular formula is C31H29F3O. The van der Waals surface area contributed by atoms with Crippen molar-refractivity contribution in [2.75, 3.05) is 6.61 Å². The van der Waals surface area contributed by atoms with E-state index in [4.69, 9.17) is 4.74 Å². The van der Waals surface area contributed by atoms with Crippen LogP contribution in [0.2, 0.25) is 0 Å². The van der Waals surface area contributed by atoms with E-state index < -0.39 is 11.6 Å². The third-order valence-corrected chi connectivity index (χ3v) is 7.14. The minimum atomic E-state index is -0.883. The van der Waals surface area contributed by atoms with Gasteiger partial charge in [-0.15, -0.1) is 0 Å². The second-order valence-corrected chi connectivity index (χ2v) is 9.44. The van der Waals surface area contributed by atoms with Gasteiger partial charge in [0.25, 0.3) is 0 Å². The van der Waals surface area contributed by atoms with Crippen molar-refractivity contribution < 1.29 is 17.9 Å². The Bertz CT molecular complexity index is 1270. The minimum Gasteiger partial charge on any atom is -0.368 e. The van der Waals surface area contributed by atoms with Gasteiger partial charge >= 0.3 is 0 Å². The second-order valence-electron chi connectivity index (χ2n) is 9.44. The van der Waals surface area contributed by atoms with Gasteiger partial charge in [-0.25, -0.2) is 13.2 Å². The summed E-state index contributed by atoms with van der Waals surface area (Å²) in [5.41, 5.74) is 4.32. The molecule has 2 atom stereocenters. The van der Waals surface area contributed by atoms with E-state index in [1.54, 1.807) is 42.5 Å². The van der Waals surface area contributed by atoms with Crippen molar-refractivity contribution in [1.29, 1.82) is 0 Å². The molecular weight excluding hydrogens is 445 g/mol. The third kappa shape index (κ3) is 5.13. The fourth-order valence-electron chi connectivity index (χ4n) is 4.95. The van der Waals surface area contributed by atoms with Crippen LogP contribution in [0, 0.1) is 23.4 Å². The van der Waals surface area contributed by atoms with Gasteiger partial charge in [0.1, 0.15) is 11.9 Å². The lowest BCUT2D eigenvalue weighted by atomic mass is 9.84. The zero-order valence-corrected chi connectivity index (χ0v) is 19.9. The maximum absolute atomic E-state index is 15.1. The van der Waals surface area contributed by atoms with Crippen LogP contribution in [0.15, 0.2) is 72.8 Å². The standard InChI is InChI=1S/C31H29F3O/c1-2-3-4-5-20-6-8-21(9-7-20)24-14-15-25(28(32)18-24)22-10-12-23(13-11-22)26-16-17-27(29-19-35-29)31(34)30(26)33/h2-3,8,10-18,20,29H,4-7,9,19H2,1H3/b3-2+. The number of rotatable bonds is 7. The Kier molecular flexibility index (Phi) is 6.92. The molecule has 1 aliphatic carbocycles. The first-order valence-corrected chi connectivity index (χ1v) is 12.4. The molecule has 5 rings (SSSR count). The second kappa shape index (κ2) is 10.2. The molecule has 0 spiro atoms. The largest absolute Gasteiger partial charge is 0.368 e. The molecule has 1 aliphatic heterocycles. The summed E-state index contributed by atoms with van der Waals surface area (Å²) in [6.07, 6.45) is 11.7. The molecule has 1 heterocycles. The maximum Gasteiger partial charge on any atom is 0.167 e. The van der Waals surface area contributed by atoms with Crippen LogP contribution in [0.4, 0.5) is 13.2 Å². The number of allylic oxidation sites excluding steroid dienone is 4. The molecule has 2 aliphatic rings. The summed E-state index contributed by atoms with van der Waals surface area (Å²) in [4.78, 5) is 0. The average molecular weight is 475 g/mol. The molecule has 0 saturated carbocycles. The molecule has 3 aromatic carbocycles. The molecule has 0 bridgehead atoms. The van der Waals surface area contributed by atoms with Gasteiger partial charge in [0, 0.05) is 16.7 Å². The lowest BCUT2D eigenvalue weighted by molar-refractivity contribution is 0.401. The Balaban J connectivity index is 1.31. The van der Waals surface area contributed by atoms with E-state index >= 15 is 4.39 Å². The molecule has 0 amide bonds. The van der Waals surface area contributed by atoms with E-state index in [0.29, 0.717) is 29.2 Å². The predicted octanol–water partition coefficient (Wildman–Crippen LogP) is 9.05. The number of halogens is 3. The molecule has 0 aromatic heterocycles. The van der Waals surface area contributed by atoms with Gasteiger partial charge in [-0.05, 0) is 73.3 Å². The molecule has 3 aromatic rings. The van der Waals surface area contributed by atoms with Gasteiger partial charge in [-0.3, -0.25) is 0 Å². The van der Waals surface area contributed by atoms with Gasteiger partial charge in [-0.2, -0.15) is 0 Å². The predicted molar refractivity (Wildman–Crippen MR) is 135 cm³/mol. The number of hydrogen-bond acceptors (Lipinski definition) is 1. The normalized spacial score (nSPS) is 19.7. The highest BCUT2D eigenvalue weighted by molar-refractivity contribution is 5.74. The van der Waals surface area contributed by atoms with Crippen LogP contribution in [0.5, 0.6) is 0 Å². The first kappa shape index (κ1) is 23.6. The lowest BCUT2D eigenvalue weighted by Crippen LogP contribution is -2.05. The SMILES string of the molecule is C/C=C/CCC1CC=C(c2ccc(-c3ccc(-c4ccc(C5CO5)c(F)c4F)cc3)c(F)c2)CC1. The van der Waals surface area contributed by atoms with E-state index in [-0.39, 0.29) is 23.0 Å². The molecule has 1 saturated heterocycles. The Labute approximate surface area is 205 Å². The summed E-state index contributed by atoms with van der Waals surface area (Å²) >= 11 is 0. The molecule has 1 fully saturated rings. The number of hydrogen-bond donors (Lipinski definition) is 0. The topological polar surface area (TPSA) is 12.5 Å². The van der Waals surface area contributed by atoms with Crippen molar-refractivity contribution in [2.24, 2.45) is 5.92 Å². The highest BCUT2D eigenvalue weighted by Crippen LogP contribution is 2.37. The van der Waals surface area contributed by atoms with Crippen molar-refractivity contribution in [3.8, 4) is 22.3 Å². The van der Waals surface area contributed by atoms with Gasteiger partial charge < -0.3 is 4.74 Å². The summed E-state index contributed by atoms with van der Waals surface area (Å²) in [5, 5.41) is 0. The van der Waals surface area contributed by atoms with Crippen molar-refractivity contribution in [2.45, 2.75) is 45.1 Å². The molecule has 0 radical (unpaired) electrons. The third-order valence-electron chi connectivity index (χ3n) is 7.14. The zero-order valence-electron chi connectivity index (χ0n) is 19.9. The lowest BCUT2D eigenvalue weighted by Gasteiger charge is -2.22. The van der Waals surface area contributed by atoms with Gasteiger partial charge in [0.05, 0.1) is 6.61 Å². The van der Waals surface area contributed by atoms with E-state index in [9.17, 15) is 8.78 Å². The van der Waals surface area contributed by atoms with E-state index in [0.717, 1.165) is 31.2 Å². The van der Waals surface area contributed by atoms with Crippen LogP contribution < -0.4 is 0 Å². The molecule has 1 nitrogen and oxygen atoms in total. The Morgan fingerprint density at radius 1 is 0.886 bits per heavy atom. The molecule has 35 heavy (non-hydrogen) atoms. The van der Waals surface area contributed by atoms with Crippen LogP contribution >= 0.6 is 0 Å². The minimum absolute atomic E-state index is 0.183. The number of ether oxygens (including phenoxy) is 1. The summed E-state index contributed by atoms with van der Waals surface area (Å²) in [6.45, 7) is 2.47. The van der Waals surface area contributed by atoms with Crippen molar-refractivity contribution in [3.05, 3.63) is 101 Å². The first-order valence-electron chi connectivity index (χ1n) is 12.4. The highest BCUT2D eigenvalue weighted by Gasteiger charge is 2.30. The van der Waals surface area contributed by atoms with Crippen molar-refractivity contribution >= 4 is 5.57 Å². The molecule has 180 valence electrons. The van der Waals surface area contributed by atoms with Gasteiger partial charge in [-0.1, -0.05) is 66.8 Å². The van der Waals surface area contributed by atoms with E-state index in [1.165, 1.54) is 12.0 Å². The van der Waals surface area contributed by atoms with Crippen LogP contribution in [-0.4, -0.2) is 6.61 Å². The molecule has 4 heteroatoms. The maximum atomic E-state index is 15.1. The van der Waals surface area contributed by atoms with Crippen LogP contribution in [0.1, 0.15) is 56.3 Å². The number of epoxide rings is 1. The molecule has 2 unspecified atom stereocenters. The fourth-order valence-corrected chi connectivity index (χ4v) is 4.95. The monoisotopic (exact) mass is 474 g/mol. The van der Waals surface area contributed by atoms with Crippen molar-refractivity contribution in [1.82, 2.24) is 0 Å². The first-order chi connectivity index (χ1) is 17.0. The van der Waals surface area contributed by atoms with Crippen LogP contribution in [0.3, 0.4) is 0 Å². The van der Waals surface area contributed by atoms with Crippen molar-refractivity contribution in [3.63, 3.8) is 0 Å².